The molecule has 0 bridgehead atoms. The Hall–Kier alpha value is -0.580. The van der Waals surface area contributed by atoms with Crippen molar-refractivity contribution < 1.29 is 4.74 Å². The number of nitrogens with one attached hydrogen (secondary N) is 1. The molecule has 0 radical (unpaired) electrons. The molecule has 21 heavy (non-hydrogen) atoms. The van der Waals surface area contributed by atoms with Crippen molar-refractivity contribution in [2.75, 3.05) is 38.3 Å². The van der Waals surface area contributed by atoms with Crippen molar-refractivity contribution in [1.29, 1.82) is 0 Å². The van der Waals surface area contributed by atoms with Crippen LogP contribution in [-0.4, -0.2) is 33.4 Å². The molecule has 0 aliphatic carbocycles. The minimum atomic E-state index is 0.755. The first-order valence-electron chi connectivity index (χ1n) is 7.97. The lowest BCUT2D eigenvalue weighted by molar-refractivity contribution is 0.199. The molecule has 1 N–H and O–H groups in total. The predicted molar refractivity (Wildman–Crippen MR) is 93.0 cm³/mol. The topological polar surface area (TPSA) is 24.5 Å². The van der Waals surface area contributed by atoms with Gasteiger partial charge in [0.1, 0.15) is 0 Å². The number of nitrogens with zero attached hydrogens (tertiary/aromatic N) is 1. The predicted octanol–water partition coefficient (Wildman–Crippen LogP) is 3.81. The lowest BCUT2D eigenvalue weighted by Gasteiger charge is -2.34. The van der Waals surface area contributed by atoms with Gasteiger partial charge in [0.15, 0.2) is 0 Å². The molecule has 0 saturated carbocycles. The molecule has 1 aliphatic rings. The molecule has 4 heteroatoms. The fourth-order valence-corrected chi connectivity index (χ4v) is 3.62. The molecule has 3 nitrogen and oxygen atoms in total. The number of ether oxygens (including phenoxy) is 1. The number of halogens is 1. The molecule has 0 amide bonds. The van der Waals surface area contributed by atoms with E-state index in [2.05, 4.69) is 51.3 Å². The average Bonchev–Trinajstić information content (AvgIpc) is 2.52. The molecule has 1 fully saturated rings. The van der Waals surface area contributed by atoms with Gasteiger partial charge in [0.25, 0.3) is 0 Å². The highest BCUT2D eigenvalue weighted by atomic mass is 79.9. The number of anilines is 1. The number of hydrogen-bond acceptors (Lipinski definition) is 3. The standard InChI is InChI=1S/C17H27BrN2O/c1-3-14-5-4-9-20(13-14)17-7-6-15(11-16(17)18)12-19-8-10-21-2/h6-7,11,14,19H,3-5,8-10,12-13H2,1-2H3. The van der Waals surface area contributed by atoms with Gasteiger partial charge in [-0.05, 0) is 52.4 Å². The first kappa shape index (κ1) is 16.8. The smallest absolute Gasteiger partial charge is 0.0587 e. The van der Waals surface area contributed by atoms with E-state index in [0.717, 1.165) is 25.6 Å². The van der Waals surface area contributed by atoms with Crippen molar-refractivity contribution >= 4 is 21.6 Å². The number of rotatable bonds is 7. The van der Waals surface area contributed by atoms with Crippen LogP contribution in [0.25, 0.3) is 0 Å². The third-order valence-corrected chi connectivity index (χ3v) is 4.90. The second-order valence-corrected chi connectivity index (χ2v) is 6.67. The fraction of sp³-hybridized carbons (Fsp3) is 0.647. The van der Waals surface area contributed by atoms with Crippen molar-refractivity contribution in [2.45, 2.75) is 32.7 Å². The molecular weight excluding hydrogens is 328 g/mol. The molecule has 1 unspecified atom stereocenters. The van der Waals surface area contributed by atoms with Crippen LogP contribution in [0, 0.1) is 5.92 Å². The zero-order valence-corrected chi connectivity index (χ0v) is 14.8. The van der Waals surface area contributed by atoms with Crippen LogP contribution in [0.2, 0.25) is 0 Å². The molecule has 1 heterocycles. The Morgan fingerprint density at radius 1 is 1.43 bits per heavy atom. The maximum atomic E-state index is 5.04. The van der Waals surface area contributed by atoms with E-state index in [1.807, 2.05) is 0 Å². The first-order chi connectivity index (χ1) is 10.2. The minimum absolute atomic E-state index is 0.755. The highest BCUT2D eigenvalue weighted by molar-refractivity contribution is 9.10. The van der Waals surface area contributed by atoms with Gasteiger partial charge < -0.3 is 15.0 Å². The van der Waals surface area contributed by atoms with E-state index in [9.17, 15) is 0 Å². The molecule has 1 saturated heterocycles. The molecular formula is C17H27BrN2O. The molecule has 1 aromatic carbocycles. The second-order valence-electron chi connectivity index (χ2n) is 5.82. The Bertz CT molecular complexity index is 439. The van der Waals surface area contributed by atoms with Gasteiger partial charge in [0.05, 0.1) is 12.3 Å². The summed E-state index contributed by atoms with van der Waals surface area (Å²) in [6, 6.07) is 6.73. The summed E-state index contributed by atoms with van der Waals surface area (Å²) in [5.41, 5.74) is 2.65. The lowest BCUT2D eigenvalue weighted by atomic mass is 9.95. The Labute approximate surface area is 137 Å². The maximum absolute atomic E-state index is 5.04. The molecule has 118 valence electrons. The first-order valence-corrected chi connectivity index (χ1v) is 8.77. The van der Waals surface area contributed by atoms with Gasteiger partial charge in [-0.25, -0.2) is 0 Å². The molecule has 1 aliphatic heterocycles. The monoisotopic (exact) mass is 354 g/mol. The van der Waals surface area contributed by atoms with E-state index in [4.69, 9.17) is 4.74 Å². The van der Waals surface area contributed by atoms with Crippen LogP contribution in [0.4, 0.5) is 5.69 Å². The second kappa shape index (κ2) is 8.76. The van der Waals surface area contributed by atoms with E-state index in [0.29, 0.717) is 0 Å². The number of hydrogen-bond donors (Lipinski definition) is 1. The van der Waals surface area contributed by atoms with Gasteiger partial charge in [-0.1, -0.05) is 19.4 Å². The van der Waals surface area contributed by atoms with E-state index in [1.165, 1.54) is 48.1 Å². The van der Waals surface area contributed by atoms with Crippen LogP contribution < -0.4 is 10.2 Å². The van der Waals surface area contributed by atoms with E-state index < -0.39 is 0 Å². The quantitative estimate of drug-likeness (QED) is 0.753. The highest BCUT2D eigenvalue weighted by Gasteiger charge is 2.20. The molecule has 0 spiro atoms. The van der Waals surface area contributed by atoms with Gasteiger partial charge in [0.2, 0.25) is 0 Å². The summed E-state index contributed by atoms with van der Waals surface area (Å²) in [4.78, 5) is 2.53. The van der Waals surface area contributed by atoms with Crippen molar-refractivity contribution in [2.24, 2.45) is 5.92 Å². The Morgan fingerprint density at radius 2 is 2.29 bits per heavy atom. The molecule has 1 atom stereocenters. The summed E-state index contributed by atoms with van der Waals surface area (Å²) in [5.74, 6) is 0.848. The van der Waals surface area contributed by atoms with Gasteiger partial charge in [-0.3, -0.25) is 0 Å². The molecule has 0 aromatic heterocycles. The van der Waals surface area contributed by atoms with Crippen LogP contribution in [0.15, 0.2) is 22.7 Å². The normalized spacial score (nSPS) is 19.0. The summed E-state index contributed by atoms with van der Waals surface area (Å²) in [5, 5.41) is 3.39. The van der Waals surface area contributed by atoms with E-state index in [-0.39, 0.29) is 0 Å². The maximum Gasteiger partial charge on any atom is 0.0587 e. The van der Waals surface area contributed by atoms with Gasteiger partial charge >= 0.3 is 0 Å². The summed E-state index contributed by atoms with van der Waals surface area (Å²) in [6.45, 7) is 7.21. The summed E-state index contributed by atoms with van der Waals surface area (Å²) in [6.07, 6.45) is 3.98. The number of methoxy groups -OCH3 is 1. The largest absolute Gasteiger partial charge is 0.383 e. The van der Waals surface area contributed by atoms with Crippen molar-refractivity contribution in [3.8, 4) is 0 Å². The zero-order chi connectivity index (χ0) is 15.1. The van der Waals surface area contributed by atoms with E-state index in [1.54, 1.807) is 7.11 Å². The highest BCUT2D eigenvalue weighted by Crippen LogP contribution is 2.31. The average molecular weight is 355 g/mol. The van der Waals surface area contributed by atoms with Crippen molar-refractivity contribution in [3.63, 3.8) is 0 Å². The van der Waals surface area contributed by atoms with Gasteiger partial charge in [0, 0.05) is 37.8 Å². The van der Waals surface area contributed by atoms with Crippen LogP contribution in [-0.2, 0) is 11.3 Å². The summed E-state index contributed by atoms with van der Waals surface area (Å²) in [7, 11) is 1.73. The Balaban J connectivity index is 1.95. The third kappa shape index (κ3) is 4.97. The summed E-state index contributed by atoms with van der Waals surface area (Å²) < 4.78 is 6.26. The van der Waals surface area contributed by atoms with Crippen molar-refractivity contribution in [1.82, 2.24) is 5.32 Å². The third-order valence-electron chi connectivity index (χ3n) is 4.26. The Kier molecular flexibility index (Phi) is 7.00. The SMILES string of the molecule is CCC1CCCN(c2ccc(CNCCOC)cc2Br)C1. The van der Waals surface area contributed by atoms with Crippen LogP contribution >= 0.6 is 15.9 Å². The van der Waals surface area contributed by atoms with Crippen molar-refractivity contribution in [3.05, 3.63) is 28.2 Å². The fourth-order valence-electron chi connectivity index (χ4n) is 2.94. The van der Waals surface area contributed by atoms with E-state index >= 15 is 0 Å². The van der Waals surface area contributed by atoms with Gasteiger partial charge in [-0.2, -0.15) is 0 Å². The zero-order valence-electron chi connectivity index (χ0n) is 13.2. The molecule has 2 rings (SSSR count). The van der Waals surface area contributed by atoms with Crippen LogP contribution in [0.5, 0.6) is 0 Å². The Morgan fingerprint density at radius 3 is 3.00 bits per heavy atom. The minimum Gasteiger partial charge on any atom is -0.383 e. The summed E-state index contributed by atoms with van der Waals surface area (Å²) >= 11 is 3.75. The lowest BCUT2D eigenvalue weighted by Crippen LogP contribution is -2.35. The number of benzene rings is 1. The van der Waals surface area contributed by atoms with Crippen LogP contribution in [0.1, 0.15) is 31.7 Å². The number of piperidine rings is 1. The van der Waals surface area contributed by atoms with Gasteiger partial charge in [-0.15, -0.1) is 0 Å². The van der Waals surface area contributed by atoms with Crippen LogP contribution in [0.3, 0.4) is 0 Å². The molecule has 1 aromatic rings.